The number of aromatic hydroxyl groups is 1. The van der Waals surface area contributed by atoms with E-state index in [1.54, 1.807) is 36.4 Å². The predicted octanol–water partition coefficient (Wildman–Crippen LogP) is 4.12. The van der Waals surface area contributed by atoms with Crippen LogP contribution in [-0.4, -0.2) is 35.1 Å². The molecule has 0 bridgehead atoms. The summed E-state index contributed by atoms with van der Waals surface area (Å²) in [6.07, 6.45) is -1.11. The average molecular weight is 540 g/mol. The van der Waals surface area contributed by atoms with E-state index in [2.05, 4.69) is 15.9 Å². The number of hydroxylamine groups is 1. The Hall–Kier alpha value is -3.96. The lowest BCUT2D eigenvalue weighted by atomic mass is 9.90. The van der Waals surface area contributed by atoms with Crippen molar-refractivity contribution in [3.05, 3.63) is 86.9 Å². The Balaban J connectivity index is 1.59. The lowest BCUT2D eigenvalue weighted by Gasteiger charge is -2.29. The molecule has 3 aromatic rings. The SMILES string of the molecule is COc1cc([C@H]2[C@H]3C(=O)N(c4ccc(Br)cc4)C(=O)[C@@H]3ON2c2ccc([N+](=O)[O-])cc2)ccc1O. The van der Waals surface area contributed by atoms with Crippen molar-refractivity contribution in [3.63, 3.8) is 0 Å². The molecule has 0 aromatic heterocycles. The fourth-order valence-electron chi connectivity index (χ4n) is 4.42. The highest BCUT2D eigenvalue weighted by Gasteiger charge is 2.60. The number of carbonyl (C=O) groups is 2. The lowest BCUT2D eigenvalue weighted by molar-refractivity contribution is -0.384. The van der Waals surface area contributed by atoms with Gasteiger partial charge in [-0.05, 0) is 54.1 Å². The van der Waals surface area contributed by atoms with E-state index in [4.69, 9.17) is 9.57 Å². The Bertz CT molecular complexity index is 1330. The Morgan fingerprint density at radius 3 is 2.29 bits per heavy atom. The van der Waals surface area contributed by atoms with Crippen molar-refractivity contribution in [1.29, 1.82) is 0 Å². The van der Waals surface area contributed by atoms with Gasteiger partial charge in [-0.15, -0.1) is 0 Å². The molecule has 2 saturated heterocycles. The number of amides is 2. The van der Waals surface area contributed by atoms with Gasteiger partial charge in [-0.1, -0.05) is 22.0 Å². The van der Waals surface area contributed by atoms with Crippen LogP contribution in [0, 0.1) is 16.0 Å². The van der Waals surface area contributed by atoms with Gasteiger partial charge >= 0.3 is 0 Å². The number of non-ortho nitro benzene ring substituents is 1. The summed E-state index contributed by atoms with van der Waals surface area (Å²) < 4.78 is 6.04. The number of carbonyl (C=O) groups excluding carboxylic acids is 2. The Kier molecular flexibility index (Phi) is 5.65. The number of rotatable bonds is 5. The molecule has 0 aliphatic carbocycles. The van der Waals surface area contributed by atoms with Gasteiger partial charge in [0.2, 0.25) is 5.91 Å². The van der Waals surface area contributed by atoms with Crippen LogP contribution in [0.2, 0.25) is 0 Å². The minimum Gasteiger partial charge on any atom is -0.504 e. The summed E-state index contributed by atoms with van der Waals surface area (Å²) >= 11 is 3.35. The number of imide groups is 1. The smallest absolute Gasteiger partial charge is 0.269 e. The molecule has 2 amide bonds. The number of phenols is 1. The number of fused-ring (bicyclic) bond motifs is 1. The summed E-state index contributed by atoms with van der Waals surface area (Å²) in [5, 5.41) is 22.6. The Morgan fingerprint density at radius 2 is 1.66 bits per heavy atom. The number of nitrogens with zero attached hydrogens (tertiary/aromatic N) is 3. The van der Waals surface area contributed by atoms with Crippen LogP contribution >= 0.6 is 15.9 Å². The zero-order valence-electron chi connectivity index (χ0n) is 18.2. The van der Waals surface area contributed by atoms with Crippen molar-refractivity contribution in [2.45, 2.75) is 12.1 Å². The van der Waals surface area contributed by atoms with Crippen molar-refractivity contribution in [1.82, 2.24) is 0 Å². The molecule has 2 heterocycles. The number of benzene rings is 3. The third-order valence-corrected chi connectivity index (χ3v) is 6.59. The maximum Gasteiger partial charge on any atom is 0.269 e. The Labute approximate surface area is 207 Å². The molecule has 10 nitrogen and oxygen atoms in total. The third kappa shape index (κ3) is 3.78. The molecule has 1 N–H and O–H groups in total. The van der Waals surface area contributed by atoms with Gasteiger partial charge in [0.25, 0.3) is 11.6 Å². The highest BCUT2D eigenvalue weighted by Crippen LogP contribution is 2.48. The molecule has 35 heavy (non-hydrogen) atoms. The number of phenolic OH excluding ortho intramolecular Hbond substituents is 1. The summed E-state index contributed by atoms with van der Waals surface area (Å²) in [7, 11) is 1.40. The lowest BCUT2D eigenvalue weighted by Crippen LogP contribution is -2.37. The summed E-state index contributed by atoms with van der Waals surface area (Å²) in [6.45, 7) is 0. The Morgan fingerprint density at radius 1 is 1.00 bits per heavy atom. The number of hydrogen-bond acceptors (Lipinski definition) is 8. The maximum absolute atomic E-state index is 13.6. The molecule has 178 valence electrons. The number of halogens is 1. The van der Waals surface area contributed by atoms with Crippen LogP contribution in [-0.2, 0) is 14.4 Å². The number of hydrogen-bond donors (Lipinski definition) is 1. The third-order valence-electron chi connectivity index (χ3n) is 6.06. The van der Waals surface area contributed by atoms with Crippen LogP contribution in [0.5, 0.6) is 11.5 Å². The molecule has 3 atom stereocenters. The van der Waals surface area contributed by atoms with Gasteiger partial charge in [0.15, 0.2) is 17.6 Å². The molecule has 5 rings (SSSR count). The average Bonchev–Trinajstić information content (AvgIpc) is 3.36. The minimum atomic E-state index is -1.11. The molecule has 3 aromatic carbocycles. The number of anilines is 2. The summed E-state index contributed by atoms with van der Waals surface area (Å²) in [5.41, 5.74) is 1.30. The van der Waals surface area contributed by atoms with Gasteiger partial charge < -0.3 is 9.84 Å². The van der Waals surface area contributed by atoms with Gasteiger partial charge in [0, 0.05) is 16.6 Å². The molecular formula is C24H18BrN3O7. The maximum atomic E-state index is 13.6. The zero-order chi connectivity index (χ0) is 24.9. The number of nitro groups is 1. The number of nitro benzene ring substituents is 1. The van der Waals surface area contributed by atoms with Crippen molar-refractivity contribution in [2.75, 3.05) is 17.1 Å². The molecule has 2 aliphatic heterocycles. The van der Waals surface area contributed by atoms with E-state index in [1.807, 2.05) is 0 Å². The van der Waals surface area contributed by atoms with E-state index in [0.717, 1.165) is 9.37 Å². The fourth-order valence-corrected chi connectivity index (χ4v) is 4.69. The standard InChI is InChI=1S/C24H18BrN3O7/c1-34-19-12-13(2-11-18(19)29)21-20-22(35-27(21)16-7-9-17(10-8-16)28(32)33)24(31)26(23(20)30)15-5-3-14(25)4-6-15/h2-12,20-22,29H,1H3/t20-,21+,22-/m1/s1. The van der Waals surface area contributed by atoms with Gasteiger partial charge in [-0.25, -0.2) is 9.96 Å². The summed E-state index contributed by atoms with van der Waals surface area (Å²) in [6, 6.07) is 16.3. The highest BCUT2D eigenvalue weighted by atomic mass is 79.9. The molecule has 0 radical (unpaired) electrons. The molecule has 2 fully saturated rings. The van der Waals surface area contributed by atoms with Crippen LogP contribution in [0.4, 0.5) is 17.1 Å². The fraction of sp³-hybridized carbons (Fsp3) is 0.167. The van der Waals surface area contributed by atoms with Crippen LogP contribution in [0.3, 0.4) is 0 Å². The minimum absolute atomic E-state index is 0.0843. The van der Waals surface area contributed by atoms with E-state index in [-0.39, 0.29) is 17.2 Å². The zero-order valence-corrected chi connectivity index (χ0v) is 19.8. The molecule has 0 unspecified atom stereocenters. The quantitative estimate of drug-likeness (QED) is 0.291. The van der Waals surface area contributed by atoms with Crippen LogP contribution < -0.4 is 14.7 Å². The van der Waals surface area contributed by atoms with Crippen molar-refractivity contribution < 1.29 is 29.2 Å². The molecule has 0 saturated carbocycles. The van der Waals surface area contributed by atoms with Gasteiger partial charge in [-0.2, -0.15) is 0 Å². The van der Waals surface area contributed by atoms with Crippen molar-refractivity contribution in [2.24, 2.45) is 5.92 Å². The van der Waals surface area contributed by atoms with E-state index in [1.165, 1.54) is 42.5 Å². The first-order valence-electron chi connectivity index (χ1n) is 10.5. The first kappa shape index (κ1) is 22.8. The second-order valence-electron chi connectivity index (χ2n) is 8.02. The van der Waals surface area contributed by atoms with Gasteiger partial charge in [0.05, 0.1) is 29.4 Å². The normalized spacial score (nSPS) is 21.4. The topological polar surface area (TPSA) is 122 Å². The summed E-state index contributed by atoms with van der Waals surface area (Å²) in [5.74, 6) is -1.75. The molecule has 11 heteroatoms. The second kappa shape index (κ2) is 8.67. The van der Waals surface area contributed by atoms with E-state index < -0.39 is 34.8 Å². The number of methoxy groups -OCH3 is 1. The van der Waals surface area contributed by atoms with Crippen molar-refractivity contribution in [3.8, 4) is 11.5 Å². The second-order valence-corrected chi connectivity index (χ2v) is 8.93. The van der Waals surface area contributed by atoms with Crippen molar-refractivity contribution >= 4 is 44.8 Å². The van der Waals surface area contributed by atoms with E-state index in [0.29, 0.717) is 16.9 Å². The monoisotopic (exact) mass is 539 g/mol. The van der Waals surface area contributed by atoms with Crippen LogP contribution in [0.25, 0.3) is 0 Å². The van der Waals surface area contributed by atoms with E-state index in [9.17, 15) is 24.8 Å². The highest BCUT2D eigenvalue weighted by molar-refractivity contribution is 9.10. The van der Waals surface area contributed by atoms with Crippen LogP contribution in [0.15, 0.2) is 71.2 Å². The largest absolute Gasteiger partial charge is 0.504 e. The summed E-state index contributed by atoms with van der Waals surface area (Å²) in [4.78, 5) is 44.7. The molecule has 2 aliphatic rings. The first-order valence-corrected chi connectivity index (χ1v) is 11.3. The van der Waals surface area contributed by atoms with Gasteiger partial charge in [0.1, 0.15) is 5.92 Å². The van der Waals surface area contributed by atoms with E-state index >= 15 is 0 Å². The molecule has 0 spiro atoms. The first-order chi connectivity index (χ1) is 16.8. The van der Waals surface area contributed by atoms with Gasteiger partial charge in [-0.3, -0.25) is 24.5 Å². The molecular weight excluding hydrogens is 522 g/mol. The number of ether oxygens (including phenoxy) is 1. The predicted molar refractivity (Wildman–Crippen MR) is 128 cm³/mol. The van der Waals surface area contributed by atoms with Crippen LogP contribution in [0.1, 0.15) is 11.6 Å².